The molecule has 0 aliphatic heterocycles. The Morgan fingerprint density at radius 2 is 1.50 bits per heavy atom. The number of hydrogen-bond acceptors (Lipinski definition) is 9. The predicted octanol–water partition coefficient (Wildman–Crippen LogP) is 2.08. The molecule has 0 spiro atoms. The summed E-state index contributed by atoms with van der Waals surface area (Å²) in [5, 5.41) is 5.03. The molecule has 0 unspecified atom stereocenters. The third kappa shape index (κ3) is 8.01. The highest BCUT2D eigenvalue weighted by Gasteiger charge is 2.21. The van der Waals surface area contributed by atoms with Crippen molar-refractivity contribution in [3.05, 3.63) is 99.7 Å². The highest BCUT2D eigenvalue weighted by Crippen LogP contribution is 2.22. The number of amides is 2. The van der Waals surface area contributed by atoms with Crippen molar-refractivity contribution in [2.24, 2.45) is 0 Å². The molecule has 0 bridgehead atoms. The fourth-order valence-corrected chi connectivity index (χ4v) is 3.19. The van der Waals surface area contributed by atoms with E-state index in [1.165, 1.54) is 0 Å². The van der Waals surface area contributed by atoms with E-state index >= 15 is 0 Å². The Bertz CT molecular complexity index is 1290. The molecule has 0 saturated heterocycles. The van der Waals surface area contributed by atoms with E-state index in [1.54, 1.807) is 13.8 Å². The Morgan fingerprint density at radius 1 is 0.895 bits per heavy atom. The maximum Gasteiger partial charge on any atom is 0.511 e. The van der Waals surface area contributed by atoms with E-state index in [0.29, 0.717) is 0 Å². The zero-order valence-electron chi connectivity index (χ0n) is 20.6. The third-order valence-electron chi connectivity index (χ3n) is 4.92. The lowest BCUT2D eigenvalue weighted by Crippen LogP contribution is -2.36. The second-order valence-electron chi connectivity index (χ2n) is 8.08. The van der Waals surface area contributed by atoms with Gasteiger partial charge in [0.2, 0.25) is 6.79 Å². The normalized spacial score (nSPS) is 10.5. The second kappa shape index (κ2) is 13.3. The quantitative estimate of drug-likeness (QED) is 0.267. The average Bonchev–Trinajstić information content (AvgIpc) is 2.90. The maximum atomic E-state index is 12.9. The summed E-state index contributed by atoms with van der Waals surface area (Å²) in [4.78, 5) is 66.8. The van der Waals surface area contributed by atoms with Gasteiger partial charge in [0, 0.05) is 6.20 Å². The van der Waals surface area contributed by atoms with Gasteiger partial charge in [-0.25, -0.2) is 9.78 Å². The van der Waals surface area contributed by atoms with Gasteiger partial charge in [0.1, 0.15) is 12.1 Å². The van der Waals surface area contributed by atoms with Crippen LogP contribution in [0.25, 0.3) is 0 Å². The first kappa shape index (κ1) is 27.6. The Morgan fingerprint density at radius 3 is 2.05 bits per heavy atom. The number of nitrogens with zero attached hydrogens (tertiary/aromatic N) is 1. The van der Waals surface area contributed by atoms with Crippen molar-refractivity contribution in [3.8, 4) is 0 Å². The fraction of sp³-hybridized carbons (Fsp3) is 0.231. The van der Waals surface area contributed by atoms with Gasteiger partial charge in [0.15, 0.2) is 5.82 Å². The number of hydrogen-bond donors (Lipinski definition) is 3. The van der Waals surface area contributed by atoms with Gasteiger partial charge in [-0.3, -0.25) is 19.2 Å². The average molecular weight is 523 g/mol. The summed E-state index contributed by atoms with van der Waals surface area (Å²) in [6, 6.07) is 17.9. The first-order chi connectivity index (χ1) is 18.2. The van der Waals surface area contributed by atoms with Crippen LogP contribution in [0.5, 0.6) is 0 Å². The minimum absolute atomic E-state index is 0.303. The summed E-state index contributed by atoms with van der Waals surface area (Å²) in [7, 11) is 0. The molecular formula is C26H26N4O8. The number of rotatable bonds is 10. The van der Waals surface area contributed by atoms with Crippen LogP contribution in [0.3, 0.4) is 0 Å². The van der Waals surface area contributed by atoms with Gasteiger partial charge >= 0.3 is 12.1 Å². The number of nitrogens with one attached hydrogen (secondary N) is 3. The predicted molar refractivity (Wildman–Crippen MR) is 133 cm³/mol. The number of aromatic amines is 1. The van der Waals surface area contributed by atoms with E-state index < -0.39 is 60.8 Å². The van der Waals surface area contributed by atoms with Gasteiger partial charge in [0.25, 0.3) is 17.4 Å². The zero-order valence-corrected chi connectivity index (χ0v) is 20.6. The number of esters is 1. The van der Waals surface area contributed by atoms with Gasteiger partial charge in [-0.2, -0.15) is 0 Å². The Hall–Kier alpha value is -5.00. The lowest BCUT2D eigenvalue weighted by atomic mass is 9.98. The van der Waals surface area contributed by atoms with Crippen molar-refractivity contribution < 1.29 is 33.4 Å². The number of carbonyl (C=O) groups excluding carboxylic acids is 4. The highest BCUT2D eigenvalue weighted by molar-refractivity contribution is 5.95. The molecule has 2 aromatic carbocycles. The molecule has 38 heavy (non-hydrogen) atoms. The van der Waals surface area contributed by atoms with E-state index in [1.807, 2.05) is 60.7 Å². The third-order valence-corrected chi connectivity index (χ3v) is 4.92. The summed E-state index contributed by atoms with van der Waals surface area (Å²) >= 11 is 0. The number of H-pyrrole nitrogens is 1. The molecule has 2 amide bonds. The molecule has 0 fully saturated rings. The lowest BCUT2D eigenvalue weighted by molar-refractivity contribution is -0.152. The van der Waals surface area contributed by atoms with Crippen molar-refractivity contribution >= 4 is 23.9 Å². The van der Waals surface area contributed by atoms with Crippen LogP contribution in [0.2, 0.25) is 0 Å². The van der Waals surface area contributed by atoms with E-state index in [9.17, 15) is 24.0 Å². The second-order valence-corrected chi connectivity index (χ2v) is 8.08. The van der Waals surface area contributed by atoms with Gasteiger partial charge in [0.05, 0.1) is 12.1 Å². The monoisotopic (exact) mass is 522 g/mol. The molecule has 0 radical (unpaired) electrons. The molecule has 3 N–H and O–H groups in total. The lowest BCUT2D eigenvalue weighted by Gasteiger charge is -2.19. The Balaban J connectivity index is 1.59. The van der Waals surface area contributed by atoms with Crippen LogP contribution in [-0.2, 0) is 19.0 Å². The van der Waals surface area contributed by atoms with Crippen molar-refractivity contribution in [2.75, 3.05) is 13.3 Å². The Kier molecular flexibility index (Phi) is 9.69. The van der Waals surface area contributed by atoms with E-state index in [-0.39, 0.29) is 5.56 Å². The van der Waals surface area contributed by atoms with Gasteiger partial charge in [-0.1, -0.05) is 60.7 Å². The smallest absolute Gasteiger partial charge is 0.431 e. The molecule has 3 aromatic rings. The molecule has 1 aromatic heterocycles. The topological polar surface area (TPSA) is 166 Å². The molecule has 198 valence electrons. The summed E-state index contributed by atoms with van der Waals surface area (Å²) in [5.74, 6) is -2.92. The number of aromatic nitrogens is 2. The first-order valence-electron chi connectivity index (χ1n) is 11.5. The van der Waals surface area contributed by atoms with E-state index in [4.69, 9.17) is 4.74 Å². The number of ether oxygens (including phenoxy) is 3. The van der Waals surface area contributed by atoms with Crippen molar-refractivity contribution in [1.29, 1.82) is 0 Å². The summed E-state index contributed by atoms with van der Waals surface area (Å²) in [6.45, 7) is 1.94. The molecule has 0 aliphatic rings. The molecule has 12 heteroatoms. The van der Waals surface area contributed by atoms with Gasteiger partial charge in [-0.05, 0) is 25.0 Å². The molecule has 0 aliphatic carbocycles. The zero-order chi connectivity index (χ0) is 27.5. The van der Waals surface area contributed by atoms with Crippen molar-refractivity contribution in [1.82, 2.24) is 20.6 Å². The number of carbonyl (C=O) groups is 4. The maximum absolute atomic E-state index is 12.9. The largest absolute Gasteiger partial charge is 0.511 e. The molecule has 0 atom stereocenters. The summed E-state index contributed by atoms with van der Waals surface area (Å²) < 4.78 is 13.9. The van der Waals surface area contributed by atoms with Crippen LogP contribution in [-0.4, -0.2) is 53.3 Å². The standard InChI is InChI=1S/C26H26N4O8/c1-16(2)38-26(35)37-15-36-20(31)14-28-25(34)22-27-13-19(24(33)30-22)23(32)29-21(17-9-5-3-6-10-17)18-11-7-4-8-12-18/h3-13,16,21H,14-15H2,1-2H3,(H,28,34)(H,29,32)(H,27,30,33). The Labute approximate surface area is 217 Å². The van der Waals surface area contributed by atoms with Crippen LogP contribution < -0.4 is 16.2 Å². The first-order valence-corrected chi connectivity index (χ1v) is 11.5. The van der Waals surface area contributed by atoms with Crippen LogP contribution in [0, 0.1) is 0 Å². The van der Waals surface area contributed by atoms with Crippen LogP contribution in [0.4, 0.5) is 4.79 Å². The molecule has 0 saturated carbocycles. The molecular weight excluding hydrogens is 496 g/mol. The van der Waals surface area contributed by atoms with Crippen molar-refractivity contribution in [2.45, 2.75) is 26.0 Å². The minimum Gasteiger partial charge on any atom is -0.431 e. The van der Waals surface area contributed by atoms with E-state index in [2.05, 4.69) is 30.1 Å². The van der Waals surface area contributed by atoms with Crippen LogP contribution in [0.15, 0.2) is 71.7 Å². The van der Waals surface area contributed by atoms with Gasteiger partial charge < -0.3 is 29.8 Å². The number of benzene rings is 2. The van der Waals surface area contributed by atoms with Gasteiger partial charge in [-0.15, -0.1) is 0 Å². The SMILES string of the molecule is CC(C)OC(=O)OCOC(=O)CNC(=O)c1ncc(C(=O)NC(c2ccccc2)c2ccccc2)c(=O)[nH]1. The molecule has 3 rings (SSSR count). The summed E-state index contributed by atoms with van der Waals surface area (Å²) in [5.41, 5.74) is 0.466. The molecule has 1 heterocycles. The highest BCUT2D eigenvalue weighted by atomic mass is 16.8. The van der Waals surface area contributed by atoms with Crippen LogP contribution >= 0.6 is 0 Å². The fourth-order valence-electron chi connectivity index (χ4n) is 3.19. The minimum atomic E-state index is -1.01. The summed E-state index contributed by atoms with van der Waals surface area (Å²) in [6.07, 6.45) is -0.442. The van der Waals surface area contributed by atoms with Crippen molar-refractivity contribution in [3.63, 3.8) is 0 Å². The van der Waals surface area contributed by atoms with E-state index in [0.717, 1.165) is 17.3 Å². The van der Waals surface area contributed by atoms with Crippen LogP contribution in [0.1, 0.15) is 52.0 Å². The molecule has 12 nitrogen and oxygen atoms in total.